The third kappa shape index (κ3) is 4.85. The molecule has 3 rings (SSSR count). The van der Waals surface area contributed by atoms with Crippen molar-refractivity contribution in [2.75, 3.05) is 5.32 Å². The van der Waals surface area contributed by atoms with Gasteiger partial charge in [0.15, 0.2) is 10.4 Å². The number of rotatable bonds is 6. The predicted octanol–water partition coefficient (Wildman–Crippen LogP) is 3.76. The number of carbonyl (C=O) groups excluding carboxylic acids is 2. The third-order valence-corrected chi connectivity index (χ3v) is 4.44. The highest BCUT2D eigenvalue weighted by Crippen LogP contribution is 2.17. The van der Waals surface area contributed by atoms with Crippen LogP contribution in [-0.4, -0.2) is 17.0 Å². The van der Waals surface area contributed by atoms with E-state index < -0.39 is 0 Å². The third-order valence-electron chi connectivity index (χ3n) is 4.02. The molecule has 7 nitrogen and oxygen atoms in total. The maximum absolute atomic E-state index is 12.1. The summed E-state index contributed by atoms with van der Waals surface area (Å²) in [6, 6.07) is 10.3. The van der Waals surface area contributed by atoms with Gasteiger partial charge in [0.25, 0.3) is 5.91 Å². The van der Waals surface area contributed by atoms with E-state index in [4.69, 9.17) is 8.94 Å². The van der Waals surface area contributed by atoms with Crippen LogP contribution < -0.4 is 10.6 Å². The number of carbonyl (C=O) groups is 2. The van der Waals surface area contributed by atoms with Gasteiger partial charge in [-0.15, -0.1) is 0 Å². The van der Waals surface area contributed by atoms with E-state index in [-0.39, 0.29) is 24.0 Å². The lowest BCUT2D eigenvalue weighted by atomic mass is 10.1. The monoisotopic (exact) mass is 431 g/mol. The van der Waals surface area contributed by atoms with E-state index in [1.807, 2.05) is 13.8 Å². The SMILES string of the molecule is Cc1noc(C)c1CNC(=O)Cc1ccc(NC(=O)c2ccc(Br)o2)cc1. The minimum Gasteiger partial charge on any atom is -0.444 e. The number of furan rings is 1. The molecular weight excluding hydrogens is 414 g/mol. The van der Waals surface area contributed by atoms with Crippen molar-refractivity contribution in [3.63, 3.8) is 0 Å². The number of anilines is 1. The largest absolute Gasteiger partial charge is 0.444 e. The smallest absolute Gasteiger partial charge is 0.291 e. The first-order valence-corrected chi connectivity index (χ1v) is 9.06. The van der Waals surface area contributed by atoms with Crippen molar-refractivity contribution in [1.29, 1.82) is 0 Å². The Labute approximate surface area is 164 Å². The van der Waals surface area contributed by atoms with Crippen LogP contribution in [0.25, 0.3) is 0 Å². The van der Waals surface area contributed by atoms with Crippen molar-refractivity contribution in [2.24, 2.45) is 0 Å². The molecule has 0 aliphatic rings. The molecule has 0 aliphatic heterocycles. The van der Waals surface area contributed by atoms with Crippen molar-refractivity contribution in [3.8, 4) is 0 Å². The fourth-order valence-electron chi connectivity index (χ4n) is 2.52. The Morgan fingerprint density at radius 3 is 2.44 bits per heavy atom. The van der Waals surface area contributed by atoms with Crippen LogP contribution in [0.3, 0.4) is 0 Å². The Kier molecular flexibility index (Phi) is 5.75. The van der Waals surface area contributed by atoms with E-state index in [0.29, 0.717) is 22.7 Å². The summed E-state index contributed by atoms with van der Waals surface area (Å²) >= 11 is 3.16. The minimum absolute atomic E-state index is 0.104. The number of nitrogens with one attached hydrogen (secondary N) is 2. The van der Waals surface area contributed by atoms with E-state index in [1.165, 1.54) is 0 Å². The van der Waals surface area contributed by atoms with Gasteiger partial charge in [-0.2, -0.15) is 0 Å². The van der Waals surface area contributed by atoms with Crippen LogP contribution in [0.5, 0.6) is 0 Å². The van der Waals surface area contributed by atoms with Gasteiger partial charge in [0.2, 0.25) is 5.91 Å². The number of aromatic nitrogens is 1. The van der Waals surface area contributed by atoms with Gasteiger partial charge in [0, 0.05) is 17.8 Å². The molecule has 0 radical (unpaired) electrons. The Morgan fingerprint density at radius 1 is 1.11 bits per heavy atom. The summed E-state index contributed by atoms with van der Waals surface area (Å²) < 4.78 is 10.8. The van der Waals surface area contributed by atoms with Crippen LogP contribution in [0.2, 0.25) is 0 Å². The molecule has 0 fully saturated rings. The normalized spacial score (nSPS) is 10.6. The molecule has 0 aliphatic carbocycles. The first-order valence-electron chi connectivity index (χ1n) is 8.26. The lowest BCUT2D eigenvalue weighted by molar-refractivity contribution is -0.120. The Morgan fingerprint density at radius 2 is 1.85 bits per heavy atom. The van der Waals surface area contributed by atoms with Gasteiger partial charge in [0.05, 0.1) is 12.1 Å². The van der Waals surface area contributed by atoms with E-state index in [0.717, 1.165) is 16.8 Å². The predicted molar refractivity (Wildman–Crippen MR) is 102 cm³/mol. The van der Waals surface area contributed by atoms with E-state index in [9.17, 15) is 9.59 Å². The van der Waals surface area contributed by atoms with Crippen LogP contribution in [0.4, 0.5) is 5.69 Å². The van der Waals surface area contributed by atoms with Gasteiger partial charge in [-0.3, -0.25) is 9.59 Å². The molecule has 0 saturated carbocycles. The van der Waals surface area contributed by atoms with Crippen molar-refractivity contribution >= 4 is 33.4 Å². The molecular formula is C19H18BrN3O4. The second kappa shape index (κ2) is 8.22. The molecule has 2 N–H and O–H groups in total. The summed E-state index contributed by atoms with van der Waals surface area (Å²) in [6.45, 7) is 4.04. The summed E-state index contributed by atoms with van der Waals surface area (Å²) in [6.07, 6.45) is 0.239. The van der Waals surface area contributed by atoms with Gasteiger partial charge >= 0.3 is 0 Å². The standard InChI is InChI=1S/C19H18BrN3O4/c1-11-15(12(2)27-23-11)10-21-18(24)9-13-3-5-14(6-4-13)22-19(25)16-7-8-17(20)26-16/h3-8H,9-10H2,1-2H3,(H,21,24)(H,22,25). The summed E-state index contributed by atoms with van der Waals surface area (Å²) in [7, 11) is 0. The van der Waals surface area contributed by atoms with Gasteiger partial charge in [-0.1, -0.05) is 17.3 Å². The van der Waals surface area contributed by atoms with Crippen LogP contribution in [0.15, 0.2) is 50.0 Å². The number of hydrogen-bond acceptors (Lipinski definition) is 5. The molecule has 140 valence electrons. The van der Waals surface area contributed by atoms with Gasteiger partial charge in [-0.25, -0.2) is 0 Å². The van der Waals surface area contributed by atoms with Crippen LogP contribution in [0.1, 0.15) is 33.1 Å². The zero-order chi connectivity index (χ0) is 19.4. The molecule has 0 spiro atoms. The number of halogens is 1. The second-order valence-electron chi connectivity index (χ2n) is 6.01. The fraction of sp³-hybridized carbons (Fsp3) is 0.211. The molecule has 0 bridgehead atoms. The molecule has 1 aromatic carbocycles. The number of amides is 2. The topological polar surface area (TPSA) is 97.4 Å². The lowest BCUT2D eigenvalue weighted by Gasteiger charge is -2.07. The molecule has 0 atom stereocenters. The molecule has 2 amide bonds. The van der Waals surface area contributed by atoms with Gasteiger partial charge in [-0.05, 0) is 59.6 Å². The zero-order valence-electron chi connectivity index (χ0n) is 14.8. The average Bonchev–Trinajstić information content (AvgIpc) is 3.21. The van der Waals surface area contributed by atoms with Crippen molar-refractivity contribution in [2.45, 2.75) is 26.8 Å². The Bertz CT molecular complexity index is 940. The maximum atomic E-state index is 12.1. The first-order chi connectivity index (χ1) is 12.9. The summed E-state index contributed by atoms with van der Waals surface area (Å²) in [5.74, 6) is 0.471. The Balaban J connectivity index is 1.52. The van der Waals surface area contributed by atoms with E-state index in [1.54, 1.807) is 36.4 Å². The molecule has 27 heavy (non-hydrogen) atoms. The summed E-state index contributed by atoms with van der Waals surface area (Å²) in [4.78, 5) is 24.2. The number of aryl methyl sites for hydroxylation is 2. The molecule has 2 heterocycles. The zero-order valence-corrected chi connectivity index (χ0v) is 16.4. The second-order valence-corrected chi connectivity index (χ2v) is 6.79. The number of nitrogens with zero attached hydrogens (tertiary/aromatic N) is 1. The molecule has 0 unspecified atom stereocenters. The highest BCUT2D eigenvalue weighted by Gasteiger charge is 2.12. The Hall–Kier alpha value is -2.87. The van der Waals surface area contributed by atoms with Crippen LogP contribution in [0, 0.1) is 13.8 Å². The molecule has 2 aromatic heterocycles. The van der Waals surface area contributed by atoms with Gasteiger partial charge in [0.1, 0.15) is 5.76 Å². The van der Waals surface area contributed by atoms with Crippen molar-refractivity contribution in [1.82, 2.24) is 10.5 Å². The van der Waals surface area contributed by atoms with E-state index in [2.05, 4.69) is 31.7 Å². The average molecular weight is 432 g/mol. The summed E-state index contributed by atoms with van der Waals surface area (Å²) in [5.41, 5.74) is 3.12. The number of benzene rings is 1. The quantitative estimate of drug-likeness (QED) is 0.618. The molecule has 0 saturated heterocycles. The molecule has 3 aromatic rings. The summed E-state index contributed by atoms with van der Waals surface area (Å²) in [5, 5.41) is 9.46. The van der Waals surface area contributed by atoms with Crippen LogP contribution >= 0.6 is 15.9 Å². The van der Waals surface area contributed by atoms with E-state index >= 15 is 0 Å². The van der Waals surface area contributed by atoms with Crippen molar-refractivity contribution in [3.05, 3.63) is 69.4 Å². The minimum atomic E-state index is -0.342. The number of hydrogen-bond donors (Lipinski definition) is 2. The highest BCUT2D eigenvalue weighted by molar-refractivity contribution is 9.10. The maximum Gasteiger partial charge on any atom is 0.291 e. The first kappa shape index (κ1) is 18.9. The lowest BCUT2D eigenvalue weighted by Crippen LogP contribution is -2.25. The van der Waals surface area contributed by atoms with Gasteiger partial charge < -0.3 is 19.6 Å². The van der Waals surface area contributed by atoms with Crippen molar-refractivity contribution < 1.29 is 18.5 Å². The van der Waals surface area contributed by atoms with Crippen LogP contribution in [-0.2, 0) is 17.8 Å². The highest BCUT2D eigenvalue weighted by atomic mass is 79.9. The fourth-order valence-corrected chi connectivity index (χ4v) is 2.83. The molecule has 8 heteroatoms.